The lowest BCUT2D eigenvalue weighted by molar-refractivity contribution is 0.0431. The summed E-state index contributed by atoms with van der Waals surface area (Å²) in [5.41, 5.74) is 1.47. The first-order valence-electron chi connectivity index (χ1n) is 9.47. The van der Waals surface area contributed by atoms with Gasteiger partial charge in [0, 0.05) is 0 Å². The number of aliphatic hydroxyl groups excluding tert-OH is 1. The number of hydrogen-bond acceptors (Lipinski definition) is 7. The van der Waals surface area contributed by atoms with Crippen LogP contribution in [0.2, 0.25) is 0 Å². The van der Waals surface area contributed by atoms with E-state index in [9.17, 15) is 5.11 Å². The third-order valence-corrected chi connectivity index (χ3v) is 4.62. The highest BCUT2D eigenvalue weighted by atomic mass is 16.6. The maximum Gasteiger partial charge on any atom is 0.203 e. The molecular formula is C23H30O7. The fraction of sp³-hybridized carbons (Fsp3) is 0.391. The third kappa shape index (κ3) is 4.91. The van der Waals surface area contributed by atoms with Crippen LogP contribution in [0.25, 0.3) is 6.08 Å². The average molecular weight is 418 g/mol. The molecule has 2 aromatic rings. The molecule has 0 spiro atoms. The zero-order valence-corrected chi connectivity index (χ0v) is 18.5. The summed E-state index contributed by atoms with van der Waals surface area (Å²) in [6.07, 6.45) is 2.24. The molecule has 30 heavy (non-hydrogen) atoms. The van der Waals surface area contributed by atoms with Gasteiger partial charge in [-0.15, -0.1) is 0 Å². The van der Waals surface area contributed by atoms with Crippen LogP contribution in [0.4, 0.5) is 0 Å². The quantitative estimate of drug-likeness (QED) is 0.618. The van der Waals surface area contributed by atoms with Crippen molar-refractivity contribution in [2.24, 2.45) is 0 Å². The van der Waals surface area contributed by atoms with Gasteiger partial charge >= 0.3 is 0 Å². The van der Waals surface area contributed by atoms with E-state index in [1.807, 2.05) is 31.2 Å². The number of benzene rings is 2. The SMILES string of the molecule is C/C=C/c1cc(OC)c(O[C@@H](C)[C@H](O)c2cc(OC)c(OC)c(OC)c2)c(OC)c1. The first kappa shape index (κ1) is 23.2. The zero-order valence-electron chi connectivity index (χ0n) is 18.5. The molecular weight excluding hydrogens is 388 g/mol. The van der Waals surface area contributed by atoms with Crippen molar-refractivity contribution < 1.29 is 33.5 Å². The molecule has 2 atom stereocenters. The summed E-state index contributed by atoms with van der Waals surface area (Å²) >= 11 is 0. The highest BCUT2D eigenvalue weighted by Crippen LogP contribution is 2.43. The van der Waals surface area contributed by atoms with Gasteiger partial charge in [0.1, 0.15) is 12.2 Å². The second kappa shape index (κ2) is 10.6. The Balaban J connectivity index is 2.39. The van der Waals surface area contributed by atoms with Gasteiger partial charge in [-0.1, -0.05) is 12.2 Å². The minimum absolute atomic E-state index is 0.409. The molecule has 0 saturated carbocycles. The number of rotatable bonds is 10. The molecule has 2 aromatic carbocycles. The van der Waals surface area contributed by atoms with Crippen LogP contribution in [-0.4, -0.2) is 46.8 Å². The van der Waals surface area contributed by atoms with Gasteiger partial charge in [0.2, 0.25) is 11.5 Å². The highest BCUT2D eigenvalue weighted by Gasteiger charge is 2.25. The van der Waals surface area contributed by atoms with E-state index in [1.54, 1.807) is 33.3 Å². The zero-order chi connectivity index (χ0) is 22.3. The van der Waals surface area contributed by atoms with Crippen molar-refractivity contribution in [2.45, 2.75) is 26.1 Å². The molecule has 0 radical (unpaired) electrons. The Kier molecular flexibility index (Phi) is 8.24. The smallest absolute Gasteiger partial charge is 0.203 e. The third-order valence-electron chi connectivity index (χ3n) is 4.62. The van der Waals surface area contributed by atoms with E-state index >= 15 is 0 Å². The number of allylic oxidation sites excluding steroid dienone is 1. The summed E-state index contributed by atoms with van der Waals surface area (Å²) in [5.74, 6) is 2.77. The van der Waals surface area contributed by atoms with Crippen molar-refractivity contribution in [2.75, 3.05) is 35.5 Å². The molecule has 0 unspecified atom stereocenters. The van der Waals surface area contributed by atoms with Crippen molar-refractivity contribution in [3.63, 3.8) is 0 Å². The Bertz CT molecular complexity index is 826. The molecule has 0 saturated heterocycles. The van der Waals surface area contributed by atoms with Crippen LogP contribution in [-0.2, 0) is 0 Å². The fourth-order valence-electron chi connectivity index (χ4n) is 3.10. The molecule has 0 aliphatic carbocycles. The van der Waals surface area contributed by atoms with Crippen LogP contribution in [0.3, 0.4) is 0 Å². The summed E-state index contributed by atoms with van der Waals surface area (Å²) in [5, 5.41) is 11.0. The standard InChI is InChI=1S/C23H30O7/c1-8-9-15-10-17(25-3)23(18(11-15)26-4)30-14(2)21(24)16-12-19(27-5)22(29-7)20(13-16)28-6/h8-14,21,24H,1-7H3/b9-8+/t14-,21-/m0/s1. The van der Waals surface area contributed by atoms with E-state index in [2.05, 4.69) is 0 Å². The van der Waals surface area contributed by atoms with Gasteiger partial charge in [-0.05, 0) is 49.2 Å². The van der Waals surface area contributed by atoms with Crippen LogP contribution < -0.4 is 28.4 Å². The number of hydrogen-bond donors (Lipinski definition) is 1. The summed E-state index contributed by atoms with van der Waals surface area (Å²) in [6.45, 7) is 3.69. The van der Waals surface area contributed by atoms with Gasteiger partial charge in [-0.25, -0.2) is 0 Å². The molecule has 0 aliphatic heterocycles. The number of ether oxygens (including phenoxy) is 6. The second-order valence-electron chi connectivity index (χ2n) is 6.48. The Hall–Kier alpha value is -3.06. The van der Waals surface area contributed by atoms with Crippen molar-refractivity contribution in [1.82, 2.24) is 0 Å². The lowest BCUT2D eigenvalue weighted by Gasteiger charge is -2.24. The molecule has 1 N–H and O–H groups in total. The lowest BCUT2D eigenvalue weighted by Crippen LogP contribution is -2.22. The van der Waals surface area contributed by atoms with Gasteiger partial charge in [0.05, 0.1) is 35.5 Å². The lowest BCUT2D eigenvalue weighted by atomic mass is 10.0. The summed E-state index contributed by atoms with van der Waals surface area (Å²) < 4.78 is 33.1. The van der Waals surface area contributed by atoms with Crippen molar-refractivity contribution in [3.05, 3.63) is 41.5 Å². The predicted octanol–water partition coefficient (Wildman–Crippen LogP) is 4.26. The first-order valence-corrected chi connectivity index (χ1v) is 9.47. The van der Waals surface area contributed by atoms with Crippen LogP contribution in [0.15, 0.2) is 30.3 Å². The van der Waals surface area contributed by atoms with Gasteiger partial charge in [-0.3, -0.25) is 0 Å². The Morgan fingerprint density at radius 3 is 1.60 bits per heavy atom. The monoisotopic (exact) mass is 418 g/mol. The van der Waals surface area contributed by atoms with Crippen molar-refractivity contribution in [1.29, 1.82) is 0 Å². The average Bonchev–Trinajstić information content (AvgIpc) is 2.77. The number of aliphatic hydroxyl groups is 1. The topological polar surface area (TPSA) is 75.6 Å². The molecule has 0 heterocycles. The predicted molar refractivity (Wildman–Crippen MR) is 115 cm³/mol. The molecule has 164 valence electrons. The molecule has 7 nitrogen and oxygen atoms in total. The van der Waals surface area contributed by atoms with E-state index in [-0.39, 0.29) is 0 Å². The largest absolute Gasteiger partial charge is 0.493 e. The Morgan fingerprint density at radius 1 is 0.733 bits per heavy atom. The molecule has 0 bridgehead atoms. The molecule has 0 aliphatic rings. The number of methoxy groups -OCH3 is 5. The summed E-state index contributed by atoms with van der Waals surface area (Å²) in [7, 11) is 7.69. The van der Waals surface area contributed by atoms with E-state index in [1.165, 1.54) is 21.3 Å². The van der Waals surface area contributed by atoms with Gasteiger partial charge < -0.3 is 33.5 Å². The minimum Gasteiger partial charge on any atom is -0.493 e. The van der Waals surface area contributed by atoms with Crippen molar-refractivity contribution in [3.8, 4) is 34.5 Å². The second-order valence-corrected chi connectivity index (χ2v) is 6.48. The van der Waals surface area contributed by atoms with Gasteiger partial charge in [0.25, 0.3) is 0 Å². The highest BCUT2D eigenvalue weighted by molar-refractivity contribution is 5.62. The van der Waals surface area contributed by atoms with Crippen LogP contribution in [0.5, 0.6) is 34.5 Å². The summed E-state index contributed by atoms with van der Waals surface area (Å²) in [4.78, 5) is 0. The maximum absolute atomic E-state index is 11.0. The van der Waals surface area contributed by atoms with E-state index in [0.717, 1.165) is 5.56 Å². The van der Waals surface area contributed by atoms with E-state index in [4.69, 9.17) is 28.4 Å². The van der Waals surface area contributed by atoms with Crippen LogP contribution in [0, 0.1) is 0 Å². The van der Waals surface area contributed by atoms with E-state index in [0.29, 0.717) is 40.1 Å². The maximum atomic E-state index is 11.0. The fourth-order valence-corrected chi connectivity index (χ4v) is 3.10. The Morgan fingerprint density at radius 2 is 1.20 bits per heavy atom. The molecule has 0 amide bonds. The Labute approximate surface area is 177 Å². The van der Waals surface area contributed by atoms with Crippen LogP contribution in [0.1, 0.15) is 31.1 Å². The summed E-state index contributed by atoms with van der Waals surface area (Å²) in [6, 6.07) is 7.07. The van der Waals surface area contributed by atoms with Gasteiger partial charge in [0.15, 0.2) is 23.0 Å². The van der Waals surface area contributed by atoms with Crippen molar-refractivity contribution >= 4 is 6.08 Å². The van der Waals surface area contributed by atoms with E-state index < -0.39 is 12.2 Å². The van der Waals surface area contributed by atoms with Gasteiger partial charge in [-0.2, -0.15) is 0 Å². The molecule has 0 aromatic heterocycles. The molecule has 7 heteroatoms. The first-order chi connectivity index (χ1) is 14.4. The van der Waals surface area contributed by atoms with Crippen LogP contribution >= 0.6 is 0 Å². The molecule has 2 rings (SSSR count). The minimum atomic E-state index is -0.983. The molecule has 0 fully saturated rings. The normalized spacial score (nSPS) is 12.9.